The minimum atomic E-state index is -0.943. The molecule has 0 N–H and O–H groups in total. The Morgan fingerprint density at radius 2 is 1.90 bits per heavy atom. The molecule has 7 heteroatoms. The lowest BCUT2D eigenvalue weighted by atomic mass is 9.87. The highest BCUT2D eigenvalue weighted by atomic mass is 35.5. The highest BCUT2D eigenvalue weighted by molar-refractivity contribution is 6.32. The van der Waals surface area contributed by atoms with Crippen LogP contribution < -0.4 is 9.64 Å². The minimum Gasteiger partial charge on any atom is -0.497 e. The number of rotatable bonds is 6. The summed E-state index contributed by atoms with van der Waals surface area (Å²) in [4.78, 5) is 29.2. The van der Waals surface area contributed by atoms with Crippen molar-refractivity contribution in [2.75, 3.05) is 39.2 Å². The van der Waals surface area contributed by atoms with Gasteiger partial charge >= 0.3 is 5.97 Å². The summed E-state index contributed by atoms with van der Waals surface area (Å²) in [6.45, 7) is 2.46. The van der Waals surface area contributed by atoms with Gasteiger partial charge in [-0.3, -0.25) is 9.59 Å². The second-order valence-corrected chi connectivity index (χ2v) is 8.05. The molecular weight excluding hydrogens is 404 g/mol. The number of esters is 1. The lowest BCUT2D eigenvalue weighted by Gasteiger charge is -2.29. The molecule has 0 spiro atoms. The van der Waals surface area contributed by atoms with Crippen molar-refractivity contribution < 1.29 is 19.1 Å². The van der Waals surface area contributed by atoms with Crippen molar-refractivity contribution in [2.45, 2.75) is 25.4 Å². The summed E-state index contributed by atoms with van der Waals surface area (Å²) < 4.78 is 10.9. The summed E-state index contributed by atoms with van der Waals surface area (Å²) in [6.07, 6.45) is -0.467. The molecule has 6 nitrogen and oxygen atoms in total. The molecule has 2 aromatic rings. The van der Waals surface area contributed by atoms with Crippen LogP contribution in [0.5, 0.6) is 5.75 Å². The van der Waals surface area contributed by atoms with E-state index in [0.29, 0.717) is 30.3 Å². The first-order chi connectivity index (χ1) is 14.3. The molecule has 30 heavy (non-hydrogen) atoms. The second-order valence-electron chi connectivity index (χ2n) is 7.64. The number of anilines is 1. The Morgan fingerprint density at radius 3 is 2.50 bits per heavy atom. The largest absolute Gasteiger partial charge is 0.497 e. The molecule has 0 aliphatic carbocycles. The highest BCUT2D eigenvalue weighted by Crippen LogP contribution is 2.39. The number of carbonyl (C=O) groups is 2. The first kappa shape index (κ1) is 22.1. The monoisotopic (exact) mass is 430 g/mol. The van der Waals surface area contributed by atoms with E-state index >= 15 is 0 Å². The van der Waals surface area contributed by atoms with Crippen LogP contribution in [-0.2, 0) is 20.7 Å². The van der Waals surface area contributed by atoms with Crippen molar-refractivity contribution in [3.8, 4) is 5.75 Å². The van der Waals surface area contributed by atoms with Crippen LogP contribution in [0.2, 0.25) is 5.02 Å². The average Bonchev–Trinajstić information content (AvgIpc) is 2.82. The molecule has 3 rings (SSSR count). The van der Waals surface area contributed by atoms with Gasteiger partial charge in [0.1, 0.15) is 5.75 Å². The van der Waals surface area contributed by atoms with Gasteiger partial charge < -0.3 is 19.3 Å². The van der Waals surface area contributed by atoms with Gasteiger partial charge in [-0.15, -0.1) is 0 Å². The Kier molecular flexibility index (Phi) is 7.00. The number of carbonyl (C=O) groups excluding carboxylic acids is 2. The molecule has 0 saturated carbocycles. The van der Waals surface area contributed by atoms with Gasteiger partial charge in [-0.05, 0) is 55.9 Å². The third-order valence-corrected chi connectivity index (χ3v) is 5.65. The fourth-order valence-corrected chi connectivity index (χ4v) is 4.01. The van der Waals surface area contributed by atoms with Crippen LogP contribution in [0.25, 0.3) is 0 Å². The maximum atomic E-state index is 13.6. The zero-order valence-electron chi connectivity index (χ0n) is 17.7. The van der Waals surface area contributed by atoms with Crippen LogP contribution >= 0.6 is 11.6 Å². The van der Waals surface area contributed by atoms with Gasteiger partial charge in [0.05, 0.1) is 7.11 Å². The van der Waals surface area contributed by atoms with Crippen molar-refractivity contribution in [1.29, 1.82) is 0 Å². The molecule has 2 atom stereocenters. The van der Waals surface area contributed by atoms with Crippen molar-refractivity contribution in [2.24, 2.45) is 0 Å². The summed E-state index contributed by atoms with van der Waals surface area (Å²) in [5.74, 6) is -0.380. The van der Waals surface area contributed by atoms with E-state index in [9.17, 15) is 9.59 Å². The molecule has 0 aromatic heterocycles. The standard InChI is InChI=1S/C23H27ClN2O4/c1-15(27)30-22-18(16-8-10-17(29-4)11-9-16)14-19-20(24)6-5-7-21(19)26(23(22)28)13-12-25(2)3/h5-11,18,22H,12-14H2,1-4H3/t18-,22+/m1/s1. The Morgan fingerprint density at radius 1 is 1.20 bits per heavy atom. The molecule has 0 fully saturated rings. The summed E-state index contributed by atoms with van der Waals surface area (Å²) in [7, 11) is 5.50. The average molecular weight is 431 g/mol. The van der Waals surface area contributed by atoms with Crippen LogP contribution in [0.15, 0.2) is 42.5 Å². The number of nitrogens with zero attached hydrogens (tertiary/aromatic N) is 2. The van der Waals surface area contributed by atoms with Crippen molar-refractivity contribution in [1.82, 2.24) is 4.90 Å². The molecule has 2 aromatic carbocycles. The van der Waals surface area contributed by atoms with E-state index in [1.165, 1.54) is 6.92 Å². The maximum Gasteiger partial charge on any atom is 0.303 e. The highest BCUT2D eigenvalue weighted by Gasteiger charge is 2.40. The van der Waals surface area contributed by atoms with Gasteiger partial charge in [-0.2, -0.15) is 0 Å². The van der Waals surface area contributed by atoms with Gasteiger partial charge in [0, 0.05) is 36.6 Å². The number of fused-ring (bicyclic) bond motifs is 1. The Hall–Kier alpha value is -2.57. The number of amides is 1. The van der Waals surface area contributed by atoms with Crippen molar-refractivity contribution >= 4 is 29.2 Å². The van der Waals surface area contributed by atoms with Crippen molar-refractivity contribution in [3.63, 3.8) is 0 Å². The molecule has 1 heterocycles. The predicted octanol–water partition coefficient (Wildman–Crippen LogP) is 3.51. The molecule has 1 aliphatic rings. The van der Waals surface area contributed by atoms with E-state index in [4.69, 9.17) is 21.1 Å². The number of likely N-dealkylation sites (N-methyl/N-ethyl adjacent to an activating group) is 1. The molecule has 160 valence electrons. The number of benzene rings is 2. The maximum absolute atomic E-state index is 13.6. The van der Waals surface area contributed by atoms with Crippen LogP contribution in [0.3, 0.4) is 0 Å². The summed E-state index contributed by atoms with van der Waals surface area (Å²) in [5.41, 5.74) is 2.53. The fourth-order valence-electron chi connectivity index (χ4n) is 3.76. The van der Waals surface area contributed by atoms with E-state index in [1.807, 2.05) is 61.5 Å². The number of halogens is 1. The Bertz CT molecular complexity index is 914. The molecule has 1 amide bonds. The van der Waals surface area contributed by atoms with Gasteiger partial charge in [0.2, 0.25) is 0 Å². The lowest BCUT2D eigenvalue weighted by molar-refractivity contribution is -0.154. The molecule has 0 bridgehead atoms. The van der Waals surface area contributed by atoms with E-state index < -0.39 is 12.1 Å². The van der Waals surface area contributed by atoms with Crippen LogP contribution in [0.4, 0.5) is 5.69 Å². The number of hydrogen-bond acceptors (Lipinski definition) is 5. The number of hydrogen-bond donors (Lipinski definition) is 0. The molecular formula is C23H27ClN2O4. The summed E-state index contributed by atoms with van der Waals surface area (Å²) in [5, 5.41) is 0.595. The zero-order valence-corrected chi connectivity index (χ0v) is 18.5. The zero-order chi connectivity index (χ0) is 21.8. The van der Waals surface area contributed by atoms with Crippen LogP contribution in [0, 0.1) is 0 Å². The van der Waals surface area contributed by atoms with E-state index in [0.717, 1.165) is 16.8 Å². The van der Waals surface area contributed by atoms with E-state index in [1.54, 1.807) is 12.0 Å². The summed E-state index contributed by atoms with van der Waals surface area (Å²) in [6, 6.07) is 13.0. The number of ether oxygens (including phenoxy) is 2. The van der Waals surface area contributed by atoms with E-state index in [2.05, 4.69) is 0 Å². The fraction of sp³-hybridized carbons (Fsp3) is 0.391. The normalized spacial score (nSPS) is 18.7. The Balaban J connectivity index is 2.11. The number of methoxy groups -OCH3 is 1. The second kappa shape index (κ2) is 9.49. The topological polar surface area (TPSA) is 59.1 Å². The van der Waals surface area contributed by atoms with Crippen LogP contribution in [-0.4, -0.2) is 57.2 Å². The van der Waals surface area contributed by atoms with Gasteiger partial charge in [-0.1, -0.05) is 29.8 Å². The SMILES string of the molecule is COc1ccc([C@H]2Cc3c(Cl)cccc3N(CCN(C)C)C(=O)[C@H]2OC(C)=O)cc1. The molecule has 0 unspecified atom stereocenters. The van der Waals surface area contributed by atoms with Gasteiger partial charge in [-0.25, -0.2) is 0 Å². The predicted molar refractivity (Wildman–Crippen MR) is 117 cm³/mol. The van der Waals surface area contributed by atoms with Gasteiger partial charge in [0.25, 0.3) is 5.91 Å². The van der Waals surface area contributed by atoms with Crippen LogP contribution in [0.1, 0.15) is 24.0 Å². The molecule has 1 aliphatic heterocycles. The third kappa shape index (κ3) is 4.77. The summed E-state index contributed by atoms with van der Waals surface area (Å²) >= 11 is 6.57. The first-order valence-corrected chi connectivity index (χ1v) is 10.2. The minimum absolute atomic E-state index is 0.242. The quantitative estimate of drug-likeness (QED) is 0.656. The van der Waals surface area contributed by atoms with Crippen molar-refractivity contribution in [3.05, 3.63) is 58.6 Å². The third-order valence-electron chi connectivity index (χ3n) is 5.29. The molecule has 0 radical (unpaired) electrons. The lowest BCUT2D eigenvalue weighted by Crippen LogP contribution is -2.45. The Labute approximate surface area is 182 Å². The van der Waals surface area contributed by atoms with Gasteiger partial charge in [0.15, 0.2) is 6.10 Å². The smallest absolute Gasteiger partial charge is 0.303 e. The first-order valence-electron chi connectivity index (χ1n) is 9.86. The van der Waals surface area contributed by atoms with E-state index in [-0.39, 0.29) is 11.8 Å². The molecule has 0 saturated heterocycles.